The van der Waals surface area contributed by atoms with Crippen LogP contribution in [-0.4, -0.2) is 18.6 Å². The van der Waals surface area contributed by atoms with Crippen LogP contribution >= 0.6 is 0 Å². The van der Waals surface area contributed by atoms with E-state index in [0.29, 0.717) is 24.5 Å². The molecule has 0 saturated carbocycles. The minimum atomic E-state index is -4.44. The van der Waals surface area contributed by atoms with Gasteiger partial charge in [-0.25, -0.2) is 0 Å². The highest BCUT2D eigenvalue weighted by atomic mass is 19.4. The number of carbonyl (C=O) groups is 1. The summed E-state index contributed by atoms with van der Waals surface area (Å²) in [5, 5.41) is 2.48. The van der Waals surface area contributed by atoms with E-state index in [9.17, 15) is 18.0 Å². The van der Waals surface area contributed by atoms with Crippen molar-refractivity contribution >= 4 is 11.6 Å². The molecule has 0 aromatic heterocycles. The van der Waals surface area contributed by atoms with Crippen LogP contribution in [0.5, 0.6) is 11.5 Å². The molecule has 7 heteroatoms. The largest absolute Gasteiger partial charge is 0.486 e. The Bertz CT molecular complexity index is 761. The van der Waals surface area contributed by atoms with E-state index in [0.717, 1.165) is 12.1 Å². The molecular weight excluding hydrogens is 335 g/mol. The van der Waals surface area contributed by atoms with Crippen molar-refractivity contribution in [3.63, 3.8) is 0 Å². The number of fused-ring (bicyclic) bond motifs is 1. The molecule has 3 rings (SSSR count). The van der Waals surface area contributed by atoms with Gasteiger partial charge in [0.15, 0.2) is 11.5 Å². The van der Waals surface area contributed by atoms with Gasteiger partial charge in [0.1, 0.15) is 12.7 Å². The first-order valence-electron chi connectivity index (χ1n) is 7.77. The number of nitrogens with one attached hydrogen (secondary N) is 1. The van der Waals surface area contributed by atoms with Crippen LogP contribution in [0.25, 0.3) is 0 Å². The molecule has 1 N–H and O–H groups in total. The molecule has 0 fully saturated rings. The zero-order valence-corrected chi connectivity index (χ0v) is 13.2. The van der Waals surface area contributed by atoms with Gasteiger partial charge in [-0.05, 0) is 36.8 Å². The Labute approximate surface area is 142 Å². The maximum absolute atomic E-state index is 12.7. The molecule has 1 amide bonds. The average molecular weight is 351 g/mol. The summed E-state index contributed by atoms with van der Waals surface area (Å²) >= 11 is 0. The monoisotopic (exact) mass is 351 g/mol. The molecule has 132 valence electrons. The zero-order valence-electron chi connectivity index (χ0n) is 13.2. The number of carbonyl (C=O) groups excluding carboxylic acids is 1. The van der Waals surface area contributed by atoms with Gasteiger partial charge in [-0.3, -0.25) is 4.79 Å². The van der Waals surface area contributed by atoms with Gasteiger partial charge >= 0.3 is 6.18 Å². The van der Waals surface area contributed by atoms with Crippen LogP contribution in [-0.2, 0) is 11.0 Å². The molecule has 2 aromatic rings. The van der Waals surface area contributed by atoms with E-state index < -0.39 is 11.7 Å². The van der Waals surface area contributed by atoms with Gasteiger partial charge in [0, 0.05) is 12.1 Å². The minimum absolute atomic E-state index is 0.117. The Balaban J connectivity index is 1.52. The topological polar surface area (TPSA) is 47.6 Å². The van der Waals surface area contributed by atoms with Crippen molar-refractivity contribution in [3.8, 4) is 11.5 Å². The van der Waals surface area contributed by atoms with Gasteiger partial charge in [0.05, 0.1) is 5.56 Å². The molecule has 25 heavy (non-hydrogen) atoms. The number of rotatable bonds is 4. The fourth-order valence-electron chi connectivity index (χ4n) is 2.49. The summed E-state index contributed by atoms with van der Waals surface area (Å²) in [6.45, 7) is 0.327. The van der Waals surface area contributed by atoms with E-state index in [1.54, 1.807) is 12.1 Å². The van der Waals surface area contributed by atoms with Gasteiger partial charge in [-0.1, -0.05) is 18.2 Å². The number of hydrogen-bond donors (Lipinski definition) is 1. The Morgan fingerprint density at radius 1 is 1.12 bits per heavy atom. The summed E-state index contributed by atoms with van der Waals surface area (Å²) in [4.78, 5) is 12.0. The van der Waals surface area contributed by atoms with Crippen LogP contribution in [0.3, 0.4) is 0 Å². The lowest BCUT2D eigenvalue weighted by atomic mass is 10.1. The smallest absolute Gasteiger partial charge is 0.416 e. The highest BCUT2D eigenvalue weighted by Gasteiger charge is 2.30. The lowest BCUT2D eigenvalue weighted by Crippen LogP contribution is -2.30. The number of halogens is 3. The van der Waals surface area contributed by atoms with Crippen molar-refractivity contribution in [2.45, 2.75) is 25.1 Å². The molecule has 0 unspecified atom stereocenters. The van der Waals surface area contributed by atoms with Gasteiger partial charge in [0.2, 0.25) is 5.91 Å². The Morgan fingerprint density at radius 3 is 2.64 bits per heavy atom. The van der Waals surface area contributed by atoms with Crippen LogP contribution in [0.2, 0.25) is 0 Å². The fourth-order valence-corrected chi connectivity index (χ4v) is 2.49. The molecule has 1 aliphatic heterocycles. The summed E-state index contributed by atoms with van der Waals surface area (Å²) in [5.74, 6) is 0.908. The molecule has 2 aromatic carbocycles. The highest BCUT2D eigenvalue weighted by Crippen LogP contribution is 2.32. The van der Waals surface area contributed by atoms with Gasteiger partial charge in [-0.2, -0.15) is 13.2 Å². The van der Waals surface area contributed by atoms with Crippen LogP contribution in [0.4, 0.5) is 18.9 Å². The highest BCUT2D eigenvalue weighted by molar-refractivity contribution is 5.90. The Kier molecular flexibility index (Phi) is 4.83. The predicted molar refractivity (Wildman–Crippen MR) is 85.7 cm³/mol. The maximum Gasteiger partial charge on any atom is 0.416 e. The van der Waals surface area contributed by atoms with E-state index in [2.05, 4.69) is 5.32 Å². The molecule has 1 aliphatic rings. The van der Waals surface area contributed by atoms with E-state index in [1.165, 1.54) is 12.1 Å². The standard InChI is InChI=1S/C18H16F3NO3/c19-18(20,21)12-4-3-5-13(10-12)22-17(23)9-8-14-11-24-15-6-1-2-7-16(15)25-14/h1-7,10,14H,8-9,11H2,(H,22,23)/t14-/m0/s1. The second-order valence-corrected chi connectivity index (χ2v) is 5.66. The van der Waals surface area contributed by atoms with Gasteiger partial charge in [0.25, 0.3) is 0 Å². The molecular formula is C18H16F3NO3. The van der Waals surface area contributed by atoms with E-state index in [-0.39, 0.29) is 24.1 Å². The number of amides is 1. The lowest BCUT2D eigenvalue weighted by Gasteiger charge is -2.26. The van der Waals surface area contributed by atoms with Crippen molar-refractivity contribution in [2.75, 3.05) is 11.9 Å². The average Bonchev–Trinajstić information content (AvgIpc) is 2.59. The SMILES string of the molecule is O=C(CC[C@H]1COc2ccccc2O1)Nc1cccc(C(F)(F)F)c1. The minimum Gasteiger partial charge on any atom is -0.486 e. The maximum atomic E-state index is 12.7. The summed E-state index contributed by atoms with van der Waals surface area (Å²) in [5.41, 5.74) is -0.683. The molecule has 0 spiro atoms. The van der Waals surface area contributed by atoms with Crippen molar-refractivity contribution in [2.24, 2.45) is 0 Å². The number of benzene rings is 2. The third kappa shape index (κ3) is 4.43. The zero-order chi connectivity index (χ0) is 17.9. The lowest BCUT2D eigenvalue weighted by molar-refractivity contribution is -0.137. The second kappa shape index (κ2) is 7.04. The summed E-state index contributed by atoms with van der Waals surface area (Å²) in [6.07, 6.45) is -4.20. The molecule has 1 heterocycles. The molecule has 0 bridgehead atoms. The van der Waals surface area contributed by atoms with Crippen LogP contribution in [0, 0.1) is 0 Å². The summed E-state index contributed by atoms with van der Waals surface area (Å²) in [6, 6.07) is 11.8. The molecule has 0 aliphatic carbocycles. The first-order chi connectivity index (χ1) is 11.9. The van der Waals surface area contributed by atoms with E-state index in [1.807, 2.05) is 12.1 Å². The predicted octanol–water partition coefficient (Wildman–Crippen LogP) is 4.26. The number of hydrogen-bond acceptors (Lipinski definition) is 3. The van der Waals surface area contributed by atoms with Crippen LogP contribution in [0.1, 0.15) is 18.4 Å². The van der Waals surface area contributed by atoms with E-state index in [4.69, 9.17) is 9.47 Å². The first-order valence-corrected chi connectivity index (χ1v) is 7.77. The van der Waals surface area contributed by atoms with Crippen molar-refractivity contribution in [1.29, 1.82) is 0 Å². The van der Waals surface area contributed by atoms with Gasteiger partial charge < -0.3 is 14.8 Å². The molecule has 0 radical (unpaired) electrons. The quantitative estimate of drug-likeness (QED) is 0.895. The van der Waals surface area contributed by atoms with Crippen molar-refractivity contribution in [1.82, 2.24) is 0 Å². The molecule has 0 saturated heterocycles. The van der Waals surface area contributed by atoms with Gasteiger partial charge in [-0.15, -0.1) is 0 Å². The molecule has 4 nitrogen and oxygen atoms in total. The third-order valence-electron chi connectivity index (χ3n) is 3.73. The Hall–Kier alpha value is -2.70. The van der Waals surface area contributed by atoms with Crippen molar-refractivity contribution in [3.05, 3.63) is 54.1 Å². The van der Waals surface area contributed by atoms with Crippen LogP contribution < -0.4 is 14.8 Å². The summed E-state index contributed by atoms with van der Waals surface area (Å²) < 4.78 is 49.3. The van der Waals surface area contributed by atoms with Crippen molar-refractivity contribution < 1.29 is 27.4 Å². The number of para-hydroxylation sites is 2. The molecule has 1 atom stereocenters. The summed E-state index contributed by atoms with van der Waals surface area (Å²) in [7, 11) is 0. The fraction of sp³-hybridized carbons (Fsp3) is 0.278. The number of ether oxygens (including phenoxy) is 2. The number of anilines is 1. The second-order valence-electron chi connectivity index (χ2n) is 5.66. The normalized spacial score (nSPS) is 16.4. The number of alkyl halides is 3. The van der Waals surface area contributed by atoms with E-state index >= 15 is 0 Å². The first kappa shape index (κ1) is 17.1. The van der Waals surface area contributed by atoms with Crippen LogP contribution in [0.15, 0.2) is 48.5 Å². The third-order valence-corrected chi connectivity index (χ3v) is 3.73. The Morgan fingerprint density at radius 2 is 1.88 bits per heavy atom.